The first-order valence-corrected chi connectivity index (χ1v) is 10.4. The van der Waals surface area contributed by atoms with Gasteiger partial charge in [0.25, 0.3) is 0 Å². The zero-order valence-corrected chi connectivity index (χ0v) is 15.8. The molecule has 3 nitrogen and oxygen atoms in total. The number of hydrogen-bond donors (Lipinski definition) is 1. The molecule has 0 aromatic heterocycles. The first-order valence-electron chi connectivity index (χ1n) is 10.4. The molecule has 1 unspecified atom stereocenters. The van der Waals surface area contributed by atoms with E-state index in [1.807, 2.05) is 6.92 Å². The summed E-state index contributed by atoms with van der Waals surface area (Å²) in [5.74, 6) is 3.87. The first kappa shape index (κ1) is 16.5. The average Bonchev–Trinajstić information content (AvgIpc) is 3.04. The Morgan fingerprint density at radius 2 is 2.00 bits per heavy atom. The second-order valence-corrected chi connectivity index (χ2v) is 9.93. The third-order valence-electron chi connectivity index (χ3n) is 9.25. The van der Waals surface area contributed by atoms with Gasteiger partial charge < -0.3 is 9.84 Å². The van der Waals surface area contributed by atoms with E-state index in [0.29, 0.717) is 17.6 Å². The third-order valence-corrected chi connectivity index (χ3v) is 9.25. The Hall–Kier alpha value is -0.670. The molecule has 5 aliphatic rings. The van der Waals surface area contributed by atoms with Crippen LogP contribution in [0.3, 0.4) is 0 Å². The Morgan fingerprint density at radius 3 is 2.72 bits per heavy atom. The highest BCUT2D eigenvalue weighted by atomic mass is 16.5. The van der Waals surface area contributed by atoms with Gasteiger partial charge in [-0.15, -0.1) is 0 Å². The summed E-state index contributed by atoms with van der Waals surface area (Å²) in [5, 5.41) is 10.8. The van der Waals surface area contributed by atoms with E-state index >= 15 is 0 Å². The standard InChI is InChI=1S/C22H32O3/c1-12(23)17-6-7-18-15-4-5-16-14(13(15)8-10-21(17,18)2)9-11-22(24)19(16)20(22)25-3/h5,13-15,17-20,24H,4,6-11H2,1-3H3/t13-,14-,15-,17-,18+,19?,20-,21-,22-/m1/s1. The smallest absolute Gasteiger partial charge is 0.133 e. The minimum atomic E-state index is -0.569. The maximum atomic E-state index is 12.2. The largest absolute Gasteiger partial charge is 0.386 e. The molecule has 0 aromatic carbocycles. The van der Waals surface area contributed by atoms with Crippen LogP contribution in [0.2, 0.25) is 0 Å². The van der Waals surface area contributed by atoms with E-state index in [4.69, 9.17) is 4.74 Å². The van der Waals surface area contributed by atoms with E-state index in [-0.39, 0.29) is 17.4 Å². The lowest BCUT2D eigenvalue weighted by molar-refractivity contribution is -0.126. The van der Waals surface area contributed by atoms with E-state index in [0.717, 1.165) is 43.4 Å². The lowest BCUT2D eigenvalue weighted by Crippen LogP contribution is -2.47. The highest BCUT2D eigenvalue weighted by Gasteiger charge is 2.70. The number of carbonyl (C=O) groups excluding carboxylic acids is 1. The van der Waals surface area contributed by atoms with Crippen molar-refractivity contribution in [3.8, 4) is 0 Å². The van der Waals surface area contributed by atoms with Crippen LogP contribution in [0.4, 0.5) is 0 Å². The van der Waals surface area contributed by atoms with E-state index in [9.17, 15) is 9.90 Å². The maximum absolute atomic E-state index is 12.2. The van der Waals surface area contributed by atoms with Crippen molar-refractivity contribution in [2.75, 3.05) is 7.11 Å². The molecule has 0 spiro atoms. The number of rotatable bonds is 2. The minimum Gasteiger partial charge on any atom is -0.386 e. The fourth-order valence-electron chi connectivity index (χ4n) is 8.11. The van der Waals surface area contributed by atoms with Crippen LogP contribution in [0.1, 0.15) is 58.8 Å². The van der Waals surface area contributed by atoms with Crippen molar-refractivity contribution < 1.29 is 14.6 Å². The molecule has 0 saturated heterocycles. The summed E-state index contributed by atoms with van der Waals surface area (Å²) < 4.78 is 5.59. The van der Waals surface area contributed by atoms with Gasteiger partial charge in [-0.3, -0.25) is 4.79 Å². The quantitative estimate of drug-likeness (QED) is 0.776. The molecule has 3 heteroatoms. The number of ketones is 1. The molecule has 0 amide bonds. The number of Topliss-reactive ketones (excluding diaryl/α,β-unsaturated/α-hetero) is 1. The molecule has 1 N–H and O–H groups in total. The Kier molecular flexibility index (Phi) is 3.43. The molecule has 0 aromatic rings. The van der Waals surface area contributed by atoms with Crippen molar-refractivity contribution in [1.29, 1.82) is 0 Å². The fourth-order valence-corrected chi connectivity index (χ4v) is 8.11. The number of allylic oxidation sites excluding steroid dienone is 1. The first-order chi connectivity index (χ1) is 11.9. The topological polar surface area (TPSA) is 46.5 Å². The van der Waals surface area contributed by atoms with Crippen LogP contribution in [0.25, 0.3) is 0 Å². The molecule has 0 aliphatic heterocycles. The molecule has 9 atom stereocenters. The molecular weight excluding hydrogens is 312 g/mol. The molecule has 0 bridgehead atoms. The van der Waals surface area contributed by atoms with Crippen LogP contribution in [0.5, 0.6) is 0 Å². The van der Waals surface area contributed by atoms with Gasteiger partial charge in [-0.25, -0.2) is 0 Å². The summed E-state index contributed by atoms with van der Waals surface area (Å²) in [6, 6.07) is 0. The van der Waals surface area contributed by atoms with Crippen molar-refractivity contribution in [1.82, 2.24) is 0 Å². The molecule has 0 heterocycles. The summed E-state index contributed by atoms with van der Waals surface area (Å²) in [7, 11) is 1.74. The third kappa shape index (κ3) is 1.97. The van der Waals surface area contributed by atoms with Gasteiger partial charge in [0.2, 0.25) is 0 Å². The van der Waals surface area contributed by atoms with Crippen LogP contribution in [0, 0.1) is 40.9 Å². The molecule has 25 heavy (non-hydrogen) atoms. The number of hydrogen-bond acceptors (Lipinski definition) is 3. The molecule has 4 saturated carbocycles. The molecule has 5 rings (SSSR count). The van der Waals surface area contributed by atoms with Gasteiger partial charge in [-0.1, -0.05) is 18.6 Å². The second kappa shape index (κ2) is 5.19. The SMILES string of the molecule is CO[C@@H]1C2C3=CC[C@@H]4[C@H](CC[C@]5(C)[C@@H](C(C)=O)CC[C@@H]45)[C@H]3CC[C@@]21O. The number of methoxy groups -OCH3 is 1. The number of aliphatic hydroxyl groups is 1. The fraction of sp³-hybridized carbons (Fsp3) is 0.864. The monoisotopic (exact) mass is 344 g/mol. The molecule has 5 aliphatic carbocycles. The predicted octanol–water partition coefficient (Wildman–Crippen LogP) is 3.75. The normalized spacial score (nSPS) is 56.2. The van der Waals surface area contributed by atoms with Crippen LogP contribution in [-0.4, -0.2) is 29.7 Å². The van der Waals surface area contributed by atoms with Crippen molar-refractivity contribution >= 4 is 5.78 Å². The zero-order valence-electron chi connectivity index (χ0n) is 15.8. The Bertz CT molecular complexity index is 639. The van der Waals surface area contributed by atoms with Crippen molar-refractivity contribution in [3.05, 3.63) is 11.6 Å². The average molecular weight is 344 g/mol. The van der Waals surface area contributed by atoms with Crippen LogP contribution in [-0.2, 0) is 9.53 Å². The molecule has 4 fully saturated rings. The van der Waals surface area contributed by atoms with E-state index in [1.54, 1.807) is 7.11 Å². The van der Waals surface area contributed by atoms with Gasteiger partial charge in [0.1, 0.15) is 11.4 Å². The number of carbonyl (C=O) groups is 1. The minimum absolute atomic E-state index is 0.0303. The maximum Gasteiger partial charge on any atom is 0.133 e. The molecular formula is C22H32O3. The lowest BCUT2D eigenvalue weighted by Gasteiger charge is -2.53. The lowest BCUT2D eigenvalue weighted by atomic mass is 9.51. The van der Waals surface area contributed by atoms with Gasteiger partial charge >= 0.3 is 0 Å². The van der Waals surface area contributed by atoms with Gasteiger partial charge in [0, 0.05) is 18.9 Å². The van der Waals surface area contributed by atoms with Gasteiger partial charge in [-0.05, 0) is 81.0 Å². The van der Waals surface area contributed by atoms with Crippen LogP contribution < -0.4 is 0 Å². The van der Waals surface area contributed by atoms with Crippen molar-refractivity contribution in [3.63, 3.8) is 0 Å². The highest BCUT2D eigenvalue weighted by Crippen LogP contribution is 2.67. The summed E-state index contributed by atoms with van der Waals surface area (Å²) in [6.07, 6.45) is 10.5. The van der Waals surface area contributed by atoms with E-state index in [2.05, 4.69) is 13.0 Å². The second-order valence-electron chi connectivity index (χ2n) is 9.93. The predicted molar refractivity (Wildman–Crippen MR) is 95.9 cm³/mol. The van der Waals surface area contributed by atoms with Gasteiger partial charge in [0.05, 0.1) is 6.10 Å². The molecule has 138 valence electrons. The zero-order chi connectivity index (χ0) is 17.6. The van der Waals surface area contributed by atoms with Crippen molar-refractivity contribution in [2.45, 2.75) is 70.5 Å². The van der Waals surface area contributed by atoms with Gasteiger partial charge in [-0.2, -0.15) is 0 Å². The number of fused-ring (bicyclic) bond motifs is 7. The summed E-state index contributed by atoms with van der Waals surface area (Å²) in [5.41, 5.74) is 1.19. The summed E-state index contributed by atoms with van der Waals surface area (Å²) >= 11 is 0. The Labute approximate surface area is 151 Å². The van der Waals surface area contributed by atoms with Crippen LogP contribution in [0.15, 0.2) is 11.6 Å². The van der Waals surface area contributed by atoms with Gasteiger partial charge in [0.15, 0.2) is 0 Å². The van der Waals surface area contributed by atoms with Crippen LogP contribution >= 0.6 is 0 Å². The summed E-state index contributed by atoms with van der Waals surface area (Å²) in [6.45, 7) is 4.22. The Morgan fingerprint density at radius 1 is 1.20 bits per heavy atom. The highest BCUT2D eigenvalue weighted by molar-refractivity contribution is 5.79. The summed E-state index contributed by atoms with van der Waals surface area (Å²) in [4.78, 5) is 12.2. The van der Waals surface area contributed by atoms with E-state index in [1.165, 1.54) is 24.8 Å². The Balaban J connectivity index is 1.44. The van der Waals surface area contributed by atoms with Crippen molar-refractivity contribution in [2.24, 2.45) is 40.9 Å². The molecule has 0 radical (unpaired) electrons. The number of ether oxygens (including phenoxy) is 1. The van der Waals surface area contributed by atoms with E-state index < -0.39 is 5.60 Å².